The fourth-order valence-electron chi connectivity index (χ4n) is 3.84. The molecule has 1 aliphatic carbocycles. The number of hydrogen-bond acceptors (Lipinski definition) is 4. The minimum Gasteiger partial charge on any atom is -0.339 e. The van der Waals surface area contributed by atoms with E-state index in [2.05, 4.69) is 21.6 Å². The molecule has 3 aliphatic rings. The Kier molecular flexibility index (Phi) is 4.82. The molecule has 0 aromatic rings. The summed E-state index contributed by atoms with van der Waals surface area (Å²) in [5, 5.41) is 0. The van der Waals surface area contributed by atoms with Gasteiger partial charge in [-0.05, 0) is 52.1 Å². The maximum atomic E-state index is 12.4. The molecule has 2 aliphatic heterocycles. The molecule has 2 saturated heterocycles. The van der Waals surface area contributed by atoms with E-state index in [0.29, 0.717) is 30.6 Å². The number of nitrogens with two attached hydrogens (primary N) is 1. The lowest BCUT2D eigenvalue weighted by Gasteiger charge is -2.34. The summed E-state index contributed by atoms with van der Waals surface area (Å²) in [6.45, 7) is 7.98. The van der Waals surface area contributed by atoms with Crippen molar-refractivity contribution in [1.82, 2.24) is 14.7 Å². The SMILES string of the molecule is CCN(C(=O)CN1CCC(N2CCC(N)CC2)C1)C1CC1. The van der Waals surface area contributed by atoms with E-state index in [4.69, 9.17) is 5.73 Å². The molecule has 0 aromatic carbocycles. The first-order chi connectivity index (χ1) is 10.2. The van der Waals surface area contributed by atoms with Crippen LogP contribution in [-0.4, -0.2) is 78.0 Å². The first kappa shape index (κ1) is 15.3. The number of hydrogen-bond donors (Lipinski definition) is 1. The number of carbonyl (C=O) groups excluding carboxylic acids is 1. The Labute approximate surface area is 128 Å². The standard InChI is InChI=1S/C16H30N4O/c1-2-20(14-3-4-14)16(21)12-18-8-7-15(11-18)19-9-5-13(17)6-10-19/h13-15H,2-12,17H2,1H3. The fraction of sp³-hybridized carbons (Fsp3) is 0.938. The lowest BCUT2D eigenvalue weighted by Crippen LogP contribution is -2.46. The highest BCUT2D eigenvalue weighted by atomic mass is 16.2. The largest absolute Gasteiger partial charge is 0.339 e. The van der Waals surface area contributed by atoms with Crippen LogP contribution in [0.5, 0.6) is 0 Å². The van der Waals surface area contributed by atoms with Crippen molar-refractivity contribution in [3.8, 4) is 0 Å². The summed E-state index contributed by atoms with van der Waals surface area (Å²) in [6, 6.07) is 1.59. The van der Waals surface area contributed by atoms with Crippen molar-refractivity contribution >= 4 is 5.91 Å². The normalized spacial score (nSPS) is 29.0. The number of rotatable bonds is 5. The highest BCUT2D eigenvalue weighted by Gasteiger charge is 2.34. The molecule has 2 N–H and O–H groups in total. The summed E-state index contributed by atoms with van der Waals surface area (Å²) in [4.78, 5) is 19.4. The molecular formula is C16H30N4O. The Hall–Kier alpha value is -0.650. The summed E-state index contributed by atoms with van der Waals surface area (Å²) >= 11 is 0. The molecule has 5 nitrogen and oxygen atoms in total. The Morgan fingerprint density at radius 1 is 1.14 bits per heavy atom. The zero-order chi connectivity index (χ0) is 14.8. The highest BCUT2D eigenvalue weighted by Crippen LogP contribution is 2.27. The first-order valence-corrected chi connectivity index (χ1v) is 8.68. The zero-order valence-corrected chi connectivity index (χ0v) is 13.3. The van der Waals surface area contributed by atoms with Crippen LogP contribution in [0.2, 0.25) is 0 Å². The third kappa shape index (κ3) is 3.76. The van der Waals surface area contributed by atoms with Crippen LogP contribution in [0.3, 0.4) is 0 Å². The van der Waals surface area contributed by atoms with Gasteiger partial charge in [0.15, 0.2) is 0 Å². The molecule has 3 rings (SSSR count). The van der Waals surface area contributed by atoms with Crippen LogP contribution in [0.25, 0.3) is 0 Å². The van der Waals surface area contributed by atoms with Crippen molar-refractivity contribution in [2.75, 3.05) is 39.3 Å². The molecule has 1 unspecified atom stereocenters. The first-order valence-electron chi connectivity index (χ1n) is 8.68. The van der Waals surface area contributed by atoms with E-state index in [0.717, 1.165) is 45.6 Å². The maximum Gasteiger partial charge on any atom is 0.236 e. The molecule has 0 bridgehead atoms. The van der Waals surface area contributed by atoms with E-state index in [1.54, 1.807) is 0 Å². The Morgan fingerprint density at radius 3 is 2.48 bits per heavy atom. The predicted molar refractivity (Wildman–Crippen MR) is 84.0 cm³/mol. The molecule has 5 heteroatoms. The highest BCUT2D eigenvalue weighted by molar-refractivity contribution is 5.79. The van der Waals surface area contributed by atoms with Gasteiger partial charge in [0.2, 0.25) is 5.91 Å². The minimum atomic E-state index is 0.335. The molecule has 0 spiro atoms. The number of likely N-dealkylation sites (N-methyl/N-ethyl adjacent to an activating group) is 1. The van der Waals surface area contributed by atoms with Gasteiger partial charge in [-0.1, -0.05) is 0 Å². The zero-order valence-electron chi connectivity index (χ0n) is 13.3. The van der Waals surface area contributed by atoms with Gasteiger partial charge < -0.3 is 10.6 Å². The van der Waals surface area contributed by atoms with Crippen molar-refractivity contribution in [3.63, 3.8) is 0 Å². The lowest BCUT2D eigenvalue weighted by atomic mass is 10.0. The van der Waals surface area contributed by atoms with Gasteiger partial charge >= 0.3 is 0 Å². The third-order valence-electron chi connectivity index (χ3n) is 5.35. The van der Waals surface area contributed by atoms with Crippen LogP contribution < -0.4 is 5.73 Å². The van der Waals surface area contributed by atoms with Gasteiger partial charge in [-0.25, -0.2) is 0 Å². The van der Waals surface area contributed by atoms with Crippen molar-refractivity contribution in [3.05, 3.63) is 0 Å². The molecule has 0 radical (unpaired) electrons. The second kappa shape index (κ2) is 6.63. The third-order valence-corrected chi connectivity index (χ3v) is 5.35. The lowest BCUT2D eigenvalue weighted by molar-refractivity contribution is -0.132. The summed E-state index contributed by atoms with van der Waals surface area (Å²) in [5.74, 6) is 0.335. The van der Waals surface area contributed by atoms with Gasteiger partial charge in [0, 0.05) is 37.8 Å². The minimum absolute atomic E-state index is 0.335. The van der Waals surface area contributed by atoms with Gasteiger partial charge in [-0.15, -0.1) is 0 Å². The van der Waals surface area contributed by atoms with E-state index in [1.807, 2.05) is 0 Å². The topological polar surface area (TPSA) is 52.8 Å². The summed E-state index contributed by atoms with van der Waals surface area (Å²) in [5.41, 5.74) is 5.98. The van der Waals surface area contributed by atoms with Crippen LogP contribution in [-0.2, 0) is 4.79 Å². The van der Waals surface area contributed by atoms with Gasteiger partial charge in [0.1, 0.15) is 0 Å². The van der Waals surface area contributed by atoms with Crippen molar-refractivity contribution < 1.29 is 4.79 Å². The molecule has 21 heavy (non-hydrogen) atoms. The van der Waals surface area contributed by atoms with E-state index in [9.17, 15) is 4.79 Å². The molecule has 1 amide bonds. The van der Waals surface area contributed by atoms with Gasteiger partial charge in [0.05, 0.1) is 6.54 Å². The monoisotopic (exact) mass is 294 g/mol. The molecular weight excluding hydrogens is 264 g/mol. The molecule has 1 saturated carbocycles. The summed E-state index contributed by atoms with van der Waals surface area (Å²) in [7, 11) is 0. The molecule has 120 valence electrons. The van der Waals surface area contributed by atoms with Crippen LogP contribution in [0.4, 0.5) is 0 Å². The summed E-state index contributed by atoms with van der Waals surface area (Å²) < 4.78 is 0. The number of carbonyl (C=O) groups is 1. The predicted octanol–water partition coefficient (Wildman–Crippen LogP) is 0.495. The van der Waals surface area contributed by atoms with Gasteiger partial charge in [0.25, 0.3) is 0 Å². The number of likely N-dealkylation sites (tertiary alicyclic amines) is 2. The van der Waals surface area contributed by atoms with E-state index in [-0.39, 0.29) is 0 Å². The van der Waals surface area contributed by atoms with Gasteiger partial charge in [-0.3, -0.25) is 14.6 Å². The quantitative estimate of drug-likeness (QED) is 0.802. The molecule has 1 atom stereocenters. The Morgan fingerprint density at radius 2 is 1.86 bits per heavy atom. The Balaban J connectivity index is 1.45. The van der Waals surface area contributed by atoms with Crippen LogP contribution in [0, 0.1) is 0 Å². The average Bonchev–Trinajstić information content (AvgIpc) is 3.20. The van der Waals surface area contributed by atoms with E-state index in [1.165, 1.54) is 19.3 Å². The number of nitrogens with zero attached hydrogens (tertiary/aromatic N) is 3. The van der Waals surface area contributed by atoms with Crippen LogP contribution in [0.1, 0.15) is 39.0 Å². The van der Waals surface area contributed by atoms with Crippen molar-refractivity contribution in [1.29, 1.82) is 0 Å². The number of amides is 1. The van der Waals surface area contributed by atoms with Crippen LogP contribution in [0.15, 0.2) is 0 Å². The number of piperidine rings is 1. The second-order valence-corrected chi connectivity index (χ2v) is 6.96. The van der Waals surface area contributed by atoms with Gasteiger partial charge in [-0.2, -0.15) is 0 Å². The fourth-order valence-corrected chi connectivity index (χ4v) is 3.84. The Bertz CT molecular complexity index is 363. The average molecular weight is 294 g/mol. The van der Waals surface area contributed by atoms with Crippen molar-refractivity contribution in [2.45, 2.75) is 57.2 Å². The smallest absolute Gasteiger partial charge is 0.236 e. The van der Waals surface area contributed by atoms with E-state index < -0.39 is 0 Å². The molecule has 3 fully saturated rings. The second-order valence-electron chi connectivity index (χ2n) is 6.96. The maximum absolute atomic E-state index is 12.4. The summed E-state index contributed by atoms with van der Waals surface area (Å²) in [6.07, 6.45) is 5.87. The molecule has 2 heterocycles. The van der Waals surface area contributed by atoms with Crippen molar-refractivity contribution in [2.24, 2.45) is 5.73 Å². The molecule has 0 aromatic heterocycles. The van der Waals surface area contributed by atoms with E-state index >= 15 is 0 Å². The van der Waals surface area contributed by atoms with Crippen LogP contribution >= 0.6 is 0 Å².